The third-order valence-electron chi connectivity index (χ3n) is 3.78. The molecule has 26 heavy (non-hydrogen) atoms. The second-order valence-electron chi connectivity index (χ2n) is 6.42. The van der Waals surface area contributed by atoms with Crippen molar-refractivity contribution in [3.05, 3.63) is 51.4 Å². The van der Waals surface area contributed by atoms with Gasteiger partial charge in [-0.3, -0.25) is 9.59 Å². The molecular weight excluding hydrogens is 366 g/mol. The normalized spacial score (nSPS) is 11.2. The molecule has 0 aliphatic rings. The van der Waals surface area contributed by atoms with Gasteiger partial charge >= 0.3 is 0 Å². The number of hydrogen-bond acceptors (Lipinski definition) is 5. The lowest BCUT2D eigenvalue weighted by molar-refractivity contribution is -0.119. The number of amides is 1. The number of fused-ring (bicyclic) bond motifs is 1. The molecule has 0 saturated carbocycles. The molecule has 0 aliphatic carbocycles. The highest BCUT2D eigenvalue weighted by atomic mass is 32.2. The van der Waals surface area contributed by atoms with Crippen molar-refractivity contribution in [1.29, 1.82) is 0 Å². The van der Waals surface area contributed by atoms with Gasteiger partial charge in [0.1, 0.15) is 10.7 Å². The van der Waals surface area contributed by atoms with Crippen LogP contribution in [-0.4, -0.2) is 27.7 Å². The van der Waals surface area contributed by atoms with E-state index in [-0.39, 0.29) is 17.5 Å². The third-order valence-corrected chi connectivity index (χ3v) is 5.59. The van der Waals surface area contributed by atoms with E-state index in [2.05, 4.69) is 15.3 Å². The summed E-state index contributed by atoms with van der Waals surface area (Å²) >= 11 is 2.91. The number of aromatic amines is 1. The standard InChI is InChI=1S/C19H21N3O2S2/c1-11(2)20-16(23)10-25-9-15-21-18(24)17-14(8-26-19(17)22-15)13-6-4-12(3)5-7-13/h4-8,11H,9-10H2,1-3H3,(H,20,23)(H,21,22,24). The second kappa shape index (κ2) is 8.05. The first-order valence-corrected chi connectivity index (χ1v) is 10.4. The first kappa shape index (κ1) is 18.7. The molecule has 1 aromatic carbocycles. The van der Waals surface area contributed by atoms with Gasteiger partial charge in [-0.2, -0.15) is 0 Å². The Morgan fingerprint density at radius 2 is 2.04 bits per heavy atom. The molecule has 3 rings (SSSR count). The van der Waals surface area contributed by atoms with E-state index in [0.29, 0.717) is 22.7 Å². The van der Waals surface area contributed by atoms with E-state index in [1.54, 1.807) is 0 Å². The fourth-order valence-electron chi connectivity index (χ4n) is 2.61. The zero-order valence-electron chi connectivity index (χ0n) is 15.0. The summed E-state index contributed by atoms with van der Waals surface area (Å²) < 4.78 is 0. The minimum atomic E-state index is -0.131. The van der Waals surface area contributed by atoms with Gasteiger partial charge in [0.25, 0.3) is 5.56 Å². The van der Waals surface area contributed by atoms with E-state index < -0.39 is 0 Å². The summed E-state index contributed by atoms with van der Waals surface area (Å²) in [7, 11) is 0. The number of aromatic nitrogens is 2. The predicted octanol–water partition coefficient (Wildman–Crippen LogP) is 3.72. The maximum absolute atomic E-state index is 12.6. The number of benzene rings is 1. The number of aryl methyl sites for hydroxylation is 1. The van der Waals surface area contributed by atoms with Crippen LogP contribution in [0.2, 0.25) is 0 Å². The first-order valence-electron chi connectivity index (χ1n) is 8.38. The number of nitrogens with one attached hydrogen (secondary N) is 2. The van der Waals surface area contributed by atoms with Crippen LogP contribution < -0.4 is 10.9 Å². The fourth-order valence-corrected chi connectivity index (χ4v) is 4.28. The van der Waals surface area contributed by atoms with Crippen LogP contribution >= 0.6 is 23.1 Å². The molecule has 2 N–H and O–H groups in total. The Hall–Kier alpha value is -2.12. The third kappa shape index (κ3) is 4.34. The Kier molecular flexibility index (Phi) is 5.78. The minimum Gasteiger partial charge on any atom is -0.353 e. The van der Waals surface area contributed by atoms with Crippen molar-refractivity contribution in [2.45, 2.75) is 32.6 Å². The van der Waals surface area contributed by atoms with Crippen LogP contribution in [0.25, 0.3) is 21.3 Å². The van der Waals surface area contributed by atoms with E-state index in [1.165, 1.54) is 28.7 Å². The van der Waals surface area contributed by atoms with Crippen LogP contribution in [-0.2, 0) is 10.5 Å². The van der Waals surface area contributed by atoms with Gasteiger partial charge in [0, 0.05) is 17.0 Å². The second-order valence-corrected chi connectivity index (χ2v) is 8.27. The van der Waals surface area contributed by atoms with Crippen LogP contribution in [0.1, 0.15) is 25.2 Å². The number of thiophene rings is 1. The summed E-state index contributed by atoms with van der Waals surface area (Å²) in [5.41, 5.74) is 2.98. The number of carbonyl (C=O) groups excluding carboxylic acids is 1. The lowest BCUT2D eigenvalue weighted by Crippen LogP contribution is -2.31. The van der Waals surface area contributed by atoms with Gasteiger partial charge in [-0.05, 0) is 26.3 Å². The van der Waals surface area contributed by atoms with Crippen LogP contribution in [0.5, 0.6) is 0 Å². The van der Waals surface area contributed by atoms with Crippen LogP contribution in [0, 0.1) is 6.92 Å². The number of rotatable bonds is 6. The quantitative estimate of drug-likeness (QED) is 0.676. The van der Waals surface area contributed by atoms with Gasteiger partial charge in [-0.15, -0.1) is 23.1 Å². The summed E-state index contributed by atoms with van der Waals surface area (Å²) in [6, 6.07) is 8.24. The highest BCUT2D eigenvalue weighted by Gasteiger charge is 2.13. The molecule has 0 unspecified atom stereocenters. The molecule has 0 radical (unpaired) electrons. The Morgan fingerprint density at radius 3 is 2.73 bits per heavy atom. The maximum Gasteiger partial charge on any atom is 0.260 e. The largest absolute Gasteiger partial charge is 0.353 e. The van der Waals surface area contributed by atoms with Gasteiger partial charge < -0.3 is 10.3 Å². The topological polar surface area (TPSA) is 74.8 Å². The predicted molar refractivity (Wildman–Crippen MR) is 110 cm³/mol. The number of carbonyl (C=O) groups is 1. The molecule has 1 amide bonds. The number of H-pyrrole nitrogens is 1. The van der Waals surface area contributed by atoms with E-state index in [1.807, 2.05) is 50.4 Å². The van der Waals surface area contributed by atoms with E-state index in [9.17, 15) is 9.59 Å². The summed E-state index contributed by atoms with van der Waals surface area (Å²) in [6.45, 7) is 5.89. The average Bonchev–Trinajstić information content (AvgIpc) is 2.99. The molecule has 0 atom stereocenters. The van der Waals surface area contributed by atoms with Gasteiger partial charge in [0.15, 0.2) is 0 Å². The number of nitrogens with zero attached hydrogens (tertiary/aromatic N) is 1. The van der Waals surface area contributed by atoms with Gasteiger partial charge in [0.2, 0.25) is 5.91 Å². The van der Waals surface area contributed by atoms with Crippen molar-refractivity contribution in [3.8, 4) is 11.1 Å². The van der Waals surface area contributed by atoms with Crippen LogP contribution in [0.3, 0.4) is 0 Å². The summed E-state index contributed by atoms with van der Waals surface area (Å²) in [5, 5.41) is 5.45. The molecule has 0 fully saturated rings. The van der Waals surface area contributed by atoms with E-state index in [4.69, 9.17) is 0 Å². The van der Waals surface area contributed by atoms with Gasteiger partial charge in [-0.25, -0.2) is 4.98 Å². The molecule has 2 heterocycles. The zero-order chi connectivity index (χ0) is 18.7. The minimum absolute atomic E-state index is 0.00814. The molecule has 5 nitrogen and oxygen atoms in total. The van der Waals surface area contributed by atoms with Gasteiger partial charge in [-0.1, -0.05) is 29.8 Å². The number of hydrogen-bond donors (Lipinski definition) is 2. The summed E-state index contributed by atoms with van der Waals surface area (Å²) in [5.74, 6) is 1.43. The Balaban J connectivity index is 1.78. The zero-order valence-corrected chi connectivity index (χ0v) is 16.6. The van der Waals surface area contributed by atoms with E-state index in [0.717, 1.165) is 16.0 Å². The SMILES string of the molecule is Cc1ccc(-c2csc3nc(CSCC(=O)NC(C)C)[nH]c(=O)c23)cc1. The molecule has 7 heteroatoms. The summed E-state index contributed by atoms with van der Waals surface area (Å²) in [4.78, 5) is 32.4. The van der Waals surface area contributed by atoms with Crippen molar-refractivity contribution in [2.75, 3.05) is 5.75 Å². The van der Waals surface area contributed by atoms with Crippen molar-refractivity contribution in [2.24, 2.45) is 0 Å². The molecule has 136 valence electrons. The molecule has 0 bridgehead atoms. The average molecular weight is 388 g/mol. The number of thioether (sulfide) groups is 1. The van der Waals surface area contributed by atoms with Crippen LogP contribution in [0.4, 0.5) is 0 Å². The Labute approximate surface area is 160 Å². The maximum atomic E-state index is 12.6. The fraction of sp³-hybridized carbons (Fsp3) is 0.316. The van der Waals surface area contributed by atoms with Crippen molar-refractivity contribution in [1.82, 2.24) is 15.3 Å². The highest BCUT2D eigenvalue weighted by Crippen LogP contribution is 2.31. The van der Waals surface area contributed by atoms with Gasteiger partial charge in [0.05, 0.1) is 16.9 Å². The van der Waals surface area contributed by atoms with E-state index >= 15 is 0 Å². The molecule has 0 spiro atoms. The lowest BCUT2D eigenvalue weighted by Gasteiger charge is -2.07. The Bertz CT molecular complexity index is 975. The molecule has 0 aliphatic heterocycles. The Morgan fingerprint density at radius 1 is 1.31 bits per heavy atom. The smallest absolute Gasteiger partial charge is 0.260 e. The lowest BCUT2D eigenvalue weighted by atomic mass is 10.1. The monoisotopic (exact) mass is 387 g/mol. The van der Waals surface area contributed by atoms with Crippen LogP contribution in [0.15, 0.2) is 34.4 Å². The van der Waals surface area contributed by atoms with Crippen molar-refractivity contribution < 1.29 is 4.79 Å². The molecule has 0 saturated heterocycles. The highest BCUT2D eigenvalue weighted by molar-refractivity contribution is 7.99. The van der Waals surface area contributed by atoms with Crippen molar-refractivity contribution in [3.63, 3.8) is 0 Å². The molecular formula is C19H21N3O2S2. The molecule has 2 aromatic heterocycles. The van der Waals surface area contributed by atoms with Crippen molar-refractivity contribution >= 4 is 39.2 Å². The first-order chi connectivity index (χ1) is 12.4. The molecule has 3 aromatic rings. The summed E-state index contributed by atoms with van der Waals surface area (Å²) in [6.07, 6.45) is 0.